The molecule has 1 aliphatic rings. The highest BCUT2D eigenvalue weighted by molar-refractivity contribution is 9.10. The van der Waals surface area contributed by atoms with E-state index in [4.69, 9.17) is 0 Å². The molecule has 0 spiro atoms. The van der Waals surface area contributed by atoms with E-state index in [9.17, 15) is 0 Å². The molecule has 1 nitrogen and oxygen atoms in total. The lowest BCUT2D eigenvalue weighted by Gasteiger charge is -2.36. The molecule has 0 saturated carbocycles. The Labute approximate surface area is 131 Å². The molecular formula is C13H20BrNS3. The Morgan fingerprint density at radius 3 is 2.78 bits per heavy atom. The first-order valence-electron chi connectivity index (χ1n) is 6.36. The van der Waals surface area contributed by atoms with Crippen LogP contribution in [-0.2, 0) is 0 Å². The molecule has 2 rings (SSSR count). The van der Waals surface area contributed by atoms with Gasteiger partial charge in [0.1, 0.15) is 0 Å². The molecule has 18 heavy (non-hydrogen) atoms. The van der Waals surface area contributed by atoms with Crippen LogP contribution in [0.15, 0.2) is 15.9 Å². The highest BCUT2D eigenvalue weighted by Gasteiger charge is 2.32. The first kappa shape index (κ1) is 15.2. The summed E-state index contributed by atoms with van der Waals surface area (Å²) in [5.74, 6) is 1.25. The number of thioether (sulfide) groups is 2. The molecule has 0 bridgehead atoms. The fourth-order valence-corrected chi connectivity index (χ4v) is 7.07. The molecule has 4 atom stereocenters. The summed E-state index contributed by atoms with van der Waals surface area (Å²) in [5, 5.41) is 8.05. The van der Waals surface area contributed by atoms with Crippen LogP contribution < -0.4 is 5.32 Å². The van der Waals surface area contributed by atoms with E-state index in [1.165, 1.54) is 15.1 Å². The Morgan fingerprint density at radius 1 is 1.44 bits per heavy atom. The summed E-state index contributed by atoms with van der Waals surface area (Å²) < 4.78 is 1.26. The summed E-state index contributed by atoms with van der Waals surface area (Å²) >= 11 is 9.82. The van der Waals surface area contributed by atoms with E-state index in [1.807, 2.05) is 11.3 Å². The van der Waals surface area contributed by atoms with Crippen molar-refractivity contribution in [2.75, 3.05) is 12.3 Å². The van der Waals surface area contributed by atoms with Gasteiger partial charge in [0.15, 0.2) is 0 Å². The Hall–Kier alpha value is 0.840. The second-order valence-electron chi connectivity index (χ2n) is 4.59. The molecule has 1 aromatic rings. The Balaban J connectivity index is 2.13. The number of nitrogens with one attached hydrogen (secondary N) is 1. The number of thiophene rings is 1. The van der Waals surface area contributed by atoms with Gasteiger partial charge in [-0.25, -0.2) is 0 Å². The van der Waals surface area contributed by atoms with Gasteiger partial charge in [-0.2, -0.15) is 23.5 Å². The molecule has 1 aliphatic heterocycles. The van der Waals surface area contributed by atoms with Crippen LogP contribution in [0.3, 0.4) is 0 Å². The van der Waals surface area contributed by atoms with Crippen molar-refractivity contribution in [3.63, 3.8) is 0 Å². The summed E-state index contributed by atoms with van der Waals surface area (Å²) in [4.78, 5) is 1.46. The van der Waals surface area contributed by atoms with E-state index in [0.29, 0.717) is 11.3 Å². The Morgan fingerprint density at radius 2 is 2.22 bits per heavy atom. The van der Waals surface area contributed by atoms with Crippen LogP contribution in [0.2, 0.25) is 0 Å². The van der Waals surface area contributed by atoms with Crippen LogP contribution in [0.5, 0.6) is 0 Å². The molecular weight excluding hydrogens is 346 g/mol. The van der Waals surface area contributed by atoms with Gasteiger partial charge in [-0.05, 0) is 33.9 Å². The quantitative estimate of drug-likeness (QED) is 0.823. The third kappa shape index (κ3) is 3.48. The number of hydrogen-bond donors (Lipinski definition) is 1. The minimum Gasteiger partial charge on any atom is -0.309 e. The largest absolute Gasteiger partial charge is 0.309 e. The molecule has 0 radical (unpaired) electrons. The molecule has 4 unspecified atom stereocenters. The maximum atomic E-state index is 3.68. The fourth-order valence-electron chi connectivity index (χ4n) is 2.12. The first-order valence-corrected chi connectivity index (χ1v) is 10.0. The van der Waals surface area contributed by atoms with E-state index in [2.05, 4.69) is 77.0 Å². The molecule has 5 heteroatoms. The Kier molecular flexibility index (Phi) is 5.94. The minimum atomic E-state index is 0.483. The summed E-state index contributed by atoms with van der Waals surface area (Å²) in [6.45, 7) is 7.94. The lowest BCUT2D eigenvalue weighted by Crippen LogP contribution is -2.36. The smallest absolute Gasteiger partial charge is 0.0554 e. The predicted molar refractivity (Wildman–Crippen MR) is 91.2 cm³/mol. The molecule has 0 aliphatic carbocycles. The van der Waals surface area contributed by atoms with Crippen LogP contribution in [0.4, 0.5) is 0 Å². The van der Waals surface area contributed by atoms with Gasteiger partial charge < -0.3 is 5.32 Å². The maximum Gasteiger partial charge on any atom is 0.0554 e. The molecule has 1 aromatic heterocycles. The average Bonchev–Trinajstić information content (AvgIpc) is 2.76. The van der Waals surface area contributed by atoms with Crippen molar-refractivity contribution in [1.29, 1.82) is 0 Å². The first-order chi connectivity index (χ1) is 8.63. The van der Waals surface area contributed by atoms with Crippen LogP contribution >= 0.6 is 50.8 Å². The van der Waals surface area contributed by atoms with Crippen molar-refractivity contribution in [3.05, 3.63) is 20.8 Å². The third-order valence-electron chi connectivity index (χ3n) is 3.30. The Bertz CT molecular complexity index is 382. The van der Waals surface area contributed by atoms with Gasteiger partial charge in [-0.15, -0.1) is 11.3 Å². The fraction of sp³-hybridized carbons (Fsp3) is 0.692. The van der Waals surface area contributed by atoms with E-state index in [0.717, 1.165) is 17.0 Å². The van der Waals surface area contributed by atoms with E-state index < -0.39 is 0 Å². The monoisotopic (exact) mass is 365 g/mol. The standard InChI is InChI=1S/C13H20BrNS3/c1-4-15-12(13-10(14)5-6-16-13)11-7-17-8(2)9(3)18-11/h5-6,8-9,11-12,15H,4,7H2,1-3H3. The lowest BCUT2D eigenvalue weighted by molar-refractivity contribution is 0.554. The molecule has 1 fully saturated rings. The predicted octanol–water partition coefficient (Wildman–Crippen LogP) is 4.79. The minimum absolute atomic E-state index is 0.483. The molecule has 1 N–H and O–H groups in total. The van der Waals surface area contributed by atoms with Crippen LogP contribution in [0, 0.1) is 0 Å². The molecule has 0 amide bonds. The van der Waals surface area contributed by atoms with E-state index >= 15 is 0 Å². The van der Waals surface area contributed by atoms with Crippen molar-refractivity contribution in [1.82, 2.24) is 5.32 Å². The van der Waals surface area contributed by atoms with Gasteiger partial charge in [0.2, 0.25) is 0 Å². The van der Waals surface area contributed by atoms with Crippen molar-refractivity contribution in [3.8, 4) is 0 Å². The zero-order valence-corrected chi connectivity index (χ0v) is 15.0. The third-order valence-corrected chi connectivity index (χ3v) is 8.75. The van der Waals surface area contributed by atoms with E-state index in [1.54, 1.807) is 0 Å². The molecule has 102 valence electrons. The van der Waals surface area contributed by atoms with E-state index in [-0.39, 0.29) is 0 Å². The van der Waals surface area contributed by atoms with Gasteiger partial charge in [0.25, 0.3) is 0 Å². The number of halogens is 1. The highest BCUT2D eigenvalue weighted by atomic mass is 79.9. The number of hydrogen-bond acceptors (Lipinski definition) is 4. The van der Waals surface area contributed by atoms with Gasteiger partial charge >= 0.3 is 0 Å². The average molecular weight is 366 g/mol. The summed E-state index contributed by atoms with van der Waals surface area (Å²) in [6.07, 6.45) is 0. The molecule has 0 aromatic carbocycles. The zero-order chi connectivity index (χ0) is 13.1. The van der Waals surface area contributed by atoms with Crippen molar-refractivity contribution < 1.29 is 0 Å². The van der Waals surface area contributed by atoms with Crippen LogP contribution in [0.25, 0.3) is 0 Å². The van der Waals surface area contributed by atoms with Gasteiger partial charge in [-0.1, -0.05) is 20.8 Å². The summed E-state index contributed by atoms with van der Waals surface area (Å²) in [6, 6.07) is 2.65. The van der Waals surface area contributed by atoms with Crippen LogP contribution in [0.1, 0.15) is 31.7 Å². The SMILES string of the molecule is CCNC(c1sccc1Br)C1CSC(C)C(C)S1. The molecule has 1 saturated heterocycles. The second kappa shape index (κ2) is 7.02. The van der Waals surface area contributed by atoms with Gasteiger partial charge in [0, 0.05) is 30.9 Å². The zero-order valence-electron chi connectivity index (χ0n) is 11.0. The second-order valence-corrected chi connectivity index (χ2v) is 9.42. The van der Waals surface area contributed by atoms with Gasteiger partial charge in [0.05, 0.1) is 6.04 Å². The maximum absolute atomic E-state index is 3.68. The van der Waals surface area contributed by atoms with Crippen LogP contribution in [-0.4, -0.2) is 28.0 Å². The van der Waals surface area contributed by atoms with Crippen molar-refractivity contribution in [2.45, 2.75) is 42.6 Å². The van der Waals surface area contributed by atoms with Crippen molar-refractivity contribution >= 4 is 50.8 Å². The summed E-state index contributed by atoms with van der Waals surface area (Å²) in [5.41, 5.74) is 0. The molecule has 2 heterocycles. The topological polar surface area (TPSA) is 12.0 Å². The summed E-state index contributed by atoms with van der Waals surface area (Å²) in [7, 11) is 0. The number of rotatable bonds is 4. The van der Waals surface area contributed by atoms with Gasteiger partial charge in [-0.3, -0.25) is 0 Å². The highest BCUT2D eigenvalue weighted by Crippen LogP contribution is 2.43. The normalized spacial score (nSPS) is 30.3. The lowest BCUT2D eigenvalue weighted by atomic mass is 10.2. The van der Waals surface area contributed by atoms with Crippen molar-refractivity contribution in [2.24, 2.45) is 0 Å².